The van der Waals surface area contributed by atoms with Gasteiger partial charge in [-0.05, 0) is 23.3 Å². The molecule has 0 aliphatic carbocycles. The predicted octanol–water partition coefficient (Wildman–Crippen LogP) is 3.48. The second kappa shape index (κ2) is 5.02. The fourth-order valence-electron chi connectivity index (χ4n) is 3.11. The Bertz CT molecular complexity index is 744. The second-order valence-electron chi connectivity index (χ2n) is 5.63. The first-order valence-corrected chi connectivity index (χ1v) is 7.25. The standard InChI is InChI=1S/C18H17NO2/c20-17-12-19(10-14-6-1-3-7-16(14)17)11-15-9-13-5-2-4-8-18(13)21-15/h1-9,17,20H,10-12H2/t17-/m1/s1. The Balaban J connectivity index is 1.58. The lowest BCUT2D eigenvalue weighted by atomic mass is 9.97. The molecule has 0 amide bonds. The van der Waals surface area contributed by atoms with Crippen molar-refractivity contribution in [1.82, 2.24) is 4.90 Å². The quantitative estimate of drug-likeness (QED) is 0.780. The van der Waals surface area contributed by atoms with Crippen molar-refractivity contribution in [1.29, 1.82) is 0 Å². The summed E-state index contributed by atoms with van der Waals surface area (Å²) < 4.78 is 5.87. The third-order valence-electron chi connectivity index (χ3n) is 4.10. The normalized spacial score (nSPS) is 18.8. The molecule has 1 N–H and O–H groups in total. The zero-order valence-corrected chi connectivity index (χ0v) is 11.7. The van der Waals surface area contributed by atoms with Gasteiger partial charge in [0.05, 0.1) is 12.6 Å². The number of hydrogen-bond donors (Lipinski definition) is 1. The van der Waals surface area contributed by atoms with Crippen LogP contribution in [0.15, 0.2) is 59.0 Å². The average molecular weight is 279 g/mol. The van der Waals surface area contributed by atoms with Crippen molar-refractivity contribution in [2.24, 2.45) is 0 Å². The summed E-state index contributed by atoms with van der Waals surface area (Å²) in [6.07, 6.45) is -0.417. The molecule has 0 radical (unpaired) electrons. The first kappa shape index (κ1) is 12.6. The number of nitrogens with zero attached hydrogens (tertiary/aromatic N) is 1. The number of para-hydroxylation sites is 1. The number of aliphatic hydroxyl groups excluding tert-OH is 1. The summed E-state index contributed by atoms with van der Waals surface area (Å²) in [7, 11) is 0. The van der Waals surface area contributed by atoms with Gasteiger partial charge in [0, 0.05) is 18.5 Å². The minimum absolute atomic E-state index is 0.417. The van der Waals surface area contributed by atoms with Gasteiger partial charge in [-0.1, -0.05) is 42.5 Å². The maximum Gasteiger partial charge on any atom is 0.134 e. The van der Waals surface area contributed by atoms with Gasteiger partial charge in [-0.15, -0.1) is 0 Å². The molecule has 1 atom stereocenters. The molecule has 1 aliphatic rings. The van der Waals surface area contributed by atoms with E-state index in [9.17, 15) is 5.11 Å². The Morgan fingerprint density at radius 3 is 2.81 bits per heavy atom. The van der Waals surface area contributed by atoms with Crippen LogP contribution in [0.1, 0.15) is 23.0 Å². The van der Waals surface area contributed by atoms with Gasteiger partial charge in [0.1, 0.15) is 11.3 Å². The van der Waals surface area contributed by atoms with Crippen molar-refractivity contribution in [2.75, 3.05) is 6.54 Å². The molecule has 4 rings (SSSR count). The van der Waals surface area contributed by atoms with Crippen molar-refractivity contribution < 1.29 is 9.52 Å². The lowest BCUT2D eigenvalue weighted by Gasteiger charge is -2.31. The van der Waals surface area contributed by atoms with Crippen molar-refractivity contribution in [3.05, 3.63) is 71.5 Å². The summed E-state index contributed by atoms with van der Waals surface area (Å²) in [5, 5.41) is 11.4. The number of β-amino-alcohol motifs (C(OH)–C–C–N with tert-alkyl or cyclic N) is 1. The number of hydrogen-bond acceptors (Lipinski definition) is 3. The summed E-state index contributed by atoms with van der Waals surface area (Å²) in [5.74, 6) is 0.947. The van der Waals surface area contributed by atoms with Gasteiger partial charge in [-0.25, -0.2) is 0 Å². The Morgan fingerprint density at radius 2 is 1.90 bits per heavy atom. The van der Waals surface area contributed by atoms with Crippen LogP contribution in [0.5, 0.6) is 0 Å². The second-order valence-corrected chi connectivity index (χ2v) is 5.63. The van der Waals surface area contributed by atoms with E-state index in [1.54, 1.807) is 0 Å². The van der Waals surface area contributed by atoms with E-state index in [2.05, 4.69) is 23.1 Å². The molecule has 0 spiro atoms. The first-order chi connectivity index (χ1) is 10.3. The highest BCUT2D eigenvalue weighted by Gasteiger charge is 2.23. The zero-order chi connectivity index (χ0) is 14.2. The summed E-state index contributed by atoms with van der Waals surface area (Å²) in [6.45, 7) is 2.22. The van der Waals surface area contributed by atoms with Crippen LogP contribution in [0.4, 0.5) is 0 Å². The van der Waals surface area contributed by atoms with Gasteiger partial charge in [0.15, 0.2) is 0 Å². The summed E-state index contributed by atoms with van der Waals surface area (Å²) in [5.41, 5.74) is 3.18. The highest BCUT2D eigenvalue weighted by Crippen LogP contribution is 2.28. The van der Waals surface area contributed by atoms with Crippen LogP contribution in [0.2, 0.25) is 0 Å². The van der Waals surface area contributed by atoms with Crippen molar-refractivity contribution >= 4 is 11.0 Å². The van der Waals surface area contributed by atoms with Crippen LogP contribution in [0.25, 0.3) is 11.0 Å². The third kappa shape index (κ3) is 2.35. The van der Waals surface area contributed by atoms with Gasteiger partial charge < -0.3 is 9.52 Å². The number of benzene rings is 2. The molecule has 2 aromatic carbocycles. The van der Waals surface area contributed by atoms with Crippen LogP contribution in [-0.4, -0.2) is 16.6 Å². The lowest BCUT2D eigenvalue weighted by Crippen LogP contribution is -2.32. The molecule has 0 bridgehead atoms. The number of aliphatic hydroxyl groups is 1. The summed E-state index contributed by atoms with van der Waals surface area (Å²) in [6, 6.07) is 18.2. The average Bonchev–Trinajstić information content (AvgIpc) is 2.89. The molecule has 0 saturated heterocycles. The molecule has 2 heterocycles. The summed E-state index contributed by atoms with van der Waals surface area (Å²) >= 11 is 0. The van der Waals surface area contributed by atoms with E-state index in [1.165, 1.54) is 5.56 Å². The number of furan rings is 1. The van der Waals surface area contributed by atoms with Crippen LogP contribution in [-0.2, 0) is 13.1 Å². The van der Waals surface area contributed by atoms with Crippen LogP contribution in [0, 0.1) is 0 Å². The van der Waals surface area contributed by atoms with Gasteiger partial charge in [-0.3, -0.25) is 4.90 Å². The van der Waals surface area contributed by atoms with E-state index in [1.807, 2.05) is 36.4 Å². The van der Waals surface area contributed by atoms with Crippen LogP contribution in [0.3, 0.4) is 0 Å². The highest BCUT2D eigenvalue weighted by molar-refractivity contribution is 5.77. The molecule has 106 valence electrons. The molecular formula is C18H17NO2. The molecule has 3 aromatic rings. The van der Waals surface area contributed by atoms with Gasteiger partial charge in [-0.2, -0.15) is 0 Å². The predicted molar refractivity (Wildman–Crippen MR) is 81.7 cm³/mol. The van der Waals surface area contributed by atoms with E-state index in [0.29, 0.717) is 6.54 Å². The molecular weight excluding hydrogens is 262 g/mol. The number of rotatable bonds is 2. The van der Waals surface area contributed by atoms with Gasteiger partial charge in [0.2, 0.25) is 0 Å². The van der Waals surface area contributed by atoms with E-state index in [-0.39, 0.29) is 0 Å². The fraction of sp³-hybridized carbons (Fsp3) is 0.222. The molecule has 21 heavy (non-hydrogen) atoms. The monoisotopic (exact) mass is 279 g/mol. The molecule has 1 aromatic heterocycles. The Morgan fingerprint density at radius 1 is 1.10 bits per heavy atom. The topological polar surface area (TPSA) is 36.6 Å². The minimum Gasteiger partial charge on any atom is -0.460 e. The van der Waals surface area contributed by atoms with E-state index in [0.717, 1.165) is 35.4 Å². The molecule has 0 unspecified atom stereocenters. The Labute approximate surface area is 123 Å². The largest absolute Gasteiger partial charge is 0.460 e. The molecule has 0 saturated carbocycles. The Hall–Kier alpha value is -2.10. The lowest BCUT2D eigenvalue weighted by molar-refractivity contribution is 0.0844. The van der Waals surface area contributed by atoms with Crippen LogP contribution >= 0.6 is 0 Å². The highest BCUT2D eigenvalue weighted by atomic mass is 16.3. The van der Waals surface area contributed by atoms with Crippen molar-refractivity contribution in [3.63, 3.8) is 0 Å². The van der Waals surface area contributed by atoms with E-state index in [4.69, 9.17) is 4.42 Å². The third-order valence-corrected chi connectivity index (χ3v) is 4.10. The first-order valence-electron chi connectivity index (χ1n) is 7.25. The van der Waals surface area contributed by atoms with Crippen LogP contribution < -0.4 is 0 Å². The van der Waals surface area contributed by atoms with Crippen molar-refractivity contribution in [3.8, 4) is 0 Å². The molecule has 1 aliphatic heterocycles. The minimum atomic E-state index is -0.417. The molecule has 3 heteroatoms. The smallest absolute Gasteiger partial charge is 0.134 e. The Kier molecular flexibility index (Phi) is 3.02. The van der Waals surface area contributed by atoms with Gasteiger partial charge in [0.25, 0.3) is 0 Å². The van der Waals surface area contributed by atoms with E-state index < -0.39 is 6.10 Å². The summed E-state index contributed by atoms with van der Waals surface area (Å²) in [4.78, 5) is 2.23. The molecule has 0 fully saturated rings. The molecule has 3 nitrogen and oxygen atoms in total. The SMILES string of the molecule is O[C@@H]1CN(Cc2cc3ccccc3o2)Cc2ccccc21. The fourth-order valence-corrected chi connectivity index (χ4v) is 3.11. The van der Waals surface area contributed by atoms with Crippen molar-refractivity contribution in [2.45, 2.75) is 19.2 Å². The number of fused-ring (bicyclic) bond motifs is 2. The van der Waals surface area contributed by atoms with E-state index >= 15 is 0 Å². The van der Waals surface area contributed by atoms with Gasteiger partial charge >= 0.3 is 0 Å². The maximum atomic E-state index is 10.3. The maximum absolute atomic E-state index is 10.3. The zero-order valence-electron chi connectivity index (χ0n) is 11.7.